The van der Waals surface area contributed by atoms with E-state index in [-0.39, 0.29) is 11.5 Å². The fourth-order valence-corrected chi connectivity index (χ4v) is 6.97. The minimum Gasteiger partial charge on any atom is -0.497 e. The zero-order valence-corrected chi connectivity index (χ0v) is 23.0. The lowest BCUT2D eigenvalue weighted by Gasteiger charge is -2.37. The lowest BCUT2D eigenvalue weighted by Crippen LogP contribution is -2.34. The van der Waals surface area contributed by atoms with E-state index in [1.165, 1.54) is 6.07 Å². The molecule has 0 saturated heterocycles. The van der Waals surface area contributed by atoms with Crippen molar-refractivity contribution in [2.45, 2.75) is 23.5 Å². The van der Waals surface area contributed by atoms with Gasteiger partial charge in [0.05, 0.1) is 18.6 Å². The normalized spacial score (nSPS) is 17.0. The van der Waals surface area contributed by atoms with Gasteiger partial charge in [-0.15, -0.1) is 0 Å². The van der Waals surface area contributed by atoms with Gasteiger partial charge in [-0.25, -0.2) is 0 Å². The maximum atomic E-state index is 12.3. The van der Waals surface area contributed by atoms with E-state index in [0.717, 1.165) is 55.5 Å². The second-order valence-corrected chi connectivity index (χ2v) is 11.7. The number of methoxy groups -OCH3 is 1. The van der Waals surface area contributed by atoms with Crippen molar-refractivity contribution >= 4 is 27.0 Å². The summed E-state index contributed by atoms with van der Waals surface area (Å²) in [5, 5.41) is 11.5. The highest BCUT2D eigenvalue weighted by Crippen LogP contribution is 2.53. The van der Waals surface area contributed by atoms with Crippen LogP contribution in [0.3, 0.4) is 0 Å². The van der Waals surface area contributed by atoms with Crippen LogP contribution in [0.15, 0.2) is 102 Å². The highest BCUT2D eigenvalue weighted by molar-refractivity contribution is 7.85. The Labute approximate surface area is 237 Å². The van der Waals surface area contributed by atoms with Crippen molar-refractivity contribution < 1.29 is 27.6 Å². The molecule has 7 heteroatoms. The summed E-state index contributed by atoms with van der Waals surface area (Å²) in [4.78, 5) is -0.0682. The molecule has 2 aliphatic rings. The van der Waals surface area contributed by atoms with Crippen molar-refractivity contribution in [2.24, 2.45) is 0 Å². The lowest BCUT2D eigenvalue weighted by atomic mass is 9.81. The van der Waals surface area contributed by atoms with Crippen LogP contribution in [-0.4, -0.2) is 25.2 Å². The minimum atomic E-state index is -4.40. The van der Waals surface area contributed by atoms with Crippen molar-refractivity contribution in [3.05, 3.63) is 130 Å². The quantitative estimate of drug-likeness (QED) is 0.233. The van der Waals surface area contributed by atoms with Gasteiger partial charge in [-0.1, -0.05) is 78.9 Å². The summed E-state index contributed by atoms with van der Waals surface area (Å²) in [5.74, 6) is 1.43. The van der Waals surface area contributed by atoms with Crippen LogP contribution >= 0.6 is 0 Å². The molecule has 6 nitrogen and oxygen atoms in total. The molecule has 0 fully saturated rings. The average molecular weight is 563 g/mol. The SMILES string of the molecule is COc1ccc(C2(c3ccc(CO)cc3)C=Cc3c4c(c5ccccc5c3O2)-c2cccc(S(=O)(=O)O)c2C4)cc1. The molecule has 1 unspecified atom stereocenters. The Balaban J connectivity index is 1.49. The standard InChI is InChI=1S/C34H26O6S/c1-39-24-15-13-23(14-16-24)34(22-11-9-21(20-35)10-12-22)18-17-28-30-19-29-26(7-4-8-31(29)41(36,37)38)32(30)25-5-2-3-6-27(25)33(28)40-34/h2-18,35H,19-20H2,1H3,(H,36,37,38). The largest absolute Gasteiger partial charge is 0.497 e. The number of aliphatic hydroxyl groups is 1. The van der Waals surface area contributed by atoms with Gasteiger partial charge in [0, 0.05) is 28.5 Å². The molecule has 1 aliphatic heterocycles. The maximum absolute atomic E-state index is 12.3. The van der Waals surface area contributed by atoms with Crippen molar-refractivity contribution in [1.29, 1.82) is 0 Å². The fourth-order valence-electron chi connectivity index (χ4n) is 6.23. The van der Waals surface area contributed by atoms with E-state index in [1.54, 1.807) is 13.2 Å². The number of aliphatic hydroxyl groups excluding tert-OH is 1. The van der Waals surface area contributed by atoms with E-state index in [0.29, 0.717) is 17.7 Å². The Morgan fingerprint density at radius 1 is 0.854 bits per heavy atom. The van der Waals surface area contributed by atoms with E-state index in [9.17, 15) is 18.1 Å². The van der Waals surface area contributed by atoms with Crippen LogP contribution in [0.2, 0.25) is 0 Å². The predicted octanol–water partition coefficient (Wildman–Crippen LogP) is 6.51. The number of ether oxygens (including phenoxy) is 2. The zero-order chi connectivity index (χ0) is 28.4. The van der Waals surface area contributed by atoms with Crippen LogP contribution in [0.5, 0.6) is 11.5 Å². The first-order chi connectivity index (χ1) is 19.8. The van der Waals surface area contributed by atoms with E-state index in [4.69, 9.17) is 9.47 Å². The Morgan fingerprint density at radius 3 is 2.20 bits per heavy atom. The van der Waals surface area contributed by atoms with Crippen molar-refractivity contribution in [3.63, 3.8) is 0 Å². The highest BCUT2D eigenvalue weighted by atomic mass is 32.2. The molecule has 0 radical (unpaired) electrons. The van der Waals surface area contributed by atoms with E-state index < -0.39 is 15.7 Å². The second-order valence-electron chi connectivity index (χ2n) is 10.3. The third-order valence-corrected chi connectivity index (χ3v) is 9.12. The van der Waals surface area contributed by atoms with Gasteiger partial charge >= 0.3 is 0 Å². The van der Waals surface area contributed by atoms with Gasteiger partial charge in [0.1, 0.15) is 11.5 Å². The molecule has 7 rings (SSSR count). The summed E-state index contributed by atoms with van der Waals surface area (Å²) in [6, 6.07) is 28.5. The van der Waals surface area contributed by atoms with Crippen molar-refractivity contribution in [3.8, 4) is 22.6 Å². The Kier molecular flexibility index (Phi) is 5.80. The van der Waals surface area contributed by atoms with Gasteiger partial charge in [-0.05, 0) is 57.5 Å². The van der Waals surface area contributed by atoms with Gasteiger partial charge in [0.15, 0.2) is 5.60 Å². The first kappa shape index (κ1) is 25.5. The molecule has 0 saturated carbocycles. The molecule has 0 bridgehead atoms. The summed E-state index contributed by atoms with van der Waals surface area (Å²) in [6.07, 6.45) is 4.45. The Morgan fingerprint density at radius 2 is 1.54 bits per heavy atom. The molecule has 5 aromatic rings. The van der Waals surface area contributed by atoms with Crippen molar-refractivity contribution in [1.82, 2.24) is 0 Å². The van der Waals surface area contributed by atoms with Crippen LogP contribution in [0.25, 0.3) is 28.0 Å². The van der Waals surface area contributed by atoms with E-state index >= 15 is 0 Å². The molecule has 1 heterocycles. The molecule has 5 aromatic carbocycles. The number of benzene rings is 5. The molecule has 41 heavy (non-hydrogen) atoms. The van der Waals surface area contributed by atoms with Crippen LogP contribution in [0.4, 0.5) is 0 Å². The average Bonchev–Trinajstić information content (AvgIpc) is 3.40. The summed E-state index contributed by atoms with van der Waals surface area (Å²) >= 11 is 0. The Hall–Kier alpha value is -4.43. The first-order valence-corrected chi connectivity index (χ1v) is 14.7. The number of fused-ring (bicyclic) bond motifs is 8. The zero-order valence-electron chi connectivity index (χ0n) is 22.2. The molecular formula is C34H26O6S. The monoisotopic (exact) mass is 562 g/mol. The molecular weight excluding hydrogens is 536 g/mol. The summed E-state index contributed by atoms with van der Waals surface area (Å²) < 4.78 is 47.1. The smallest absolute Gasteiger partial charge is 0.294 e. The molecule has 1 aliphatic carbocycles. The number of hydrogen-bond donors (Lipinski definition) is 2. The topological polar surface area (TPSA) is 93.1 Å². The molecule has 1 atom stereocenters. The minimum absolute atomic E-state index is 0.0573. The number of hydrogen-bond acceptors (Lipinski definition) is 5. The summed E-state index contributed by atoms with van der Waals surface area (Å²) in [7, 11) is -2.77. The van der Waals surface area contributed by atoms with Gasteiger partial charge < -0.3 is 14.6 Å². The lowest BCUT2D eigenvalue weighted by molar-refractivity contribution is 0.163. The van der Waals surface area contributed by atoms with Gasteiger partial charge in [-0.3, -0.25) is 4.55 Å². The van der Waals surface area contributed by atoms with Gasteiger partial charge in [0.2, 0.25) is 0 Å². The molecule has 0 spiro atoms. The first-order valence-electron chi connectivity index (χ1n) is 13.2. The molecule has 2 N–H and O–H groups in total. The maximum Gasteiger partial charge on any atom is 0.294 e. The molecule has 204 valence electrons. The van der Waals surface area contributed by atoms with E-state index in [1.807, 2.05) is 84.9 Å². The summed E-state index contributed by atoms with van der Waals surface area (Å²) in [6.45, 7) is -0.0573. The van der Waals surface area contributed by atoms with Crippen LogP contribution in [0, 0.1) is 0 Å². The highest BCUT2D eigenvalue weighted by Gasteiger charge is 2.40. The van der Waals surface area contributed by atoms with E-state index in [2.05, 4.69) is 6.08 Å². The third kappa shape index (κ3) is 3.89. The molecule has 0 aromatic heterocycles. The van der Waals surface area contributed by atoms with Gasteiger partial charge in [0.25, 0.3) is 10.1 Å². The number of rotatable bonds is 5. The fraction of sp³-hybridized carbons (Fsp3) is 0.118. The Bertz CT molecular complexity index is 1930. The molecule has 0 amide bonds. The summed E-state index contributed by atoms with van der Waals surface area (Å²) in [5.41, 5.74) is 5.80. The van der Waals surface area contributed by atoms with Crippen LogP contribution < -0.4 is 9.47 Å². The van der Waals surface area contributed by atoms with Crippen molar-refractivity contribution in [2.75, 3.05) is 7.11 Å². The van der Waals surface area contributed by atoms with Crippen LogP contribution in [0.1, 0.15) is 33.4 Å². The van der Waals surface area contributed by atoms with Crippen LogP contribution in [-0.2, 0) is 28.7 Å². The predicted molar refractivity (Wildman–Crippen MR) is 158 cm³/mol. The third-order valence-electron chi connectivity index (χ3n) is 8.18. The second kappa shape index (κ2) is 9.31. The van der Waals surface area contributed by atoms with Gasteiger partial charge in [-0.2, -0.15) is 8.42 Å².